The molecule has 5 nitrogen and oxygen atoms in total. The number of hydrogen-bond acceptors (Lipinski definition) is 5. The number of benzene rings is 4. The number of phenolic OH excluding ortho intramolecular Hbond substituents is 2. The molecule has 0 amide bonds. The van der Waals surface area contributed by atoms with Crippen LogP contribution in [0.25, 0.3) is 43.2 Å². The van der Waals surface area contributed by atoms with Gasteiger partial charge in [0, 0.05) is 19.5 Å². The van der Waals surface area contributed by atoms with Crippen molar-refractivity contribution in [2.75, 3.05) is 0 Å². The summed E-state index contributed by atoms with van der Waals surface area (Å²) in [6, 6.07) is 30.2. The van der Waals surface area contributed by atoms with Crippen molar-refractivity contribution in [3.8, 4) is 33.5 Å². The average molecular weight is 503 g/mol. The molecule has 7 heteroatoms. The normalized spacial score (nSPS) is 10.4. The summed E-state index contributed by atoms with van der Waals surface area (Å²) in [6.07, 6.45) is 0. The standard InChI is InChI=1S/C13H10N2O.C13H9NOS.Zn/c16-12-8-4-1-5-9(12)13-14-10-6-2-3-7-11(10)15-13;15-11-7-3-1-5-9(11)13-14-10-6-2-4-8-12(10)16-13;/h1-8,16H,(H,14,15);1-8,15H;. The Hall–Kier alpha value is -3.54. The molecule has 6 aromatic rings. The van der Waals surface area contributed by atoms with Crippen molar-refractivity contribution >= 4 is 32.6 Å². The van der Waals surface area contributed by atoms with Crippen LogP contribution in [0.3, 0.4) is 0 Å². The Kier molecular flexibility index (Phi) is 6.83. The van der Waals surface area contributed by atoms with Crippen LogP contribution in [-0.4, -0.2) is 25.2 Å². The zero-order valence-corrected chi connectivity index (χ0v) is 21.4. The van der Waals surface area contributed by atoms with Gasteiger partial charge in [-0.25, -0.2) is 9.97 Å². The predicted octanol–water partition coefficient (Wildman–Crippen LogP) is 6.60. The van der Waals surface area contributed by atoms with Crippen molar-refractivity contribution in [3.63, 3.8) is 0 Å². The molecule has 0 aliphatic heterocycles. The zero-order chi connectivity index (χ0) is 21.9. The number of nitrogens with one attached hydrogen (secondary N) is 1. The summed E-state index contributed by atoms with van der Waals surface area (Å²) >= 11 is 1.59. The van der Waals surface area contributed by atoms with Crippen molar-refractivity contribution in [1.82, 2.24) is 15.0 Å². The molecule has 0 saturated heterocycles. The summed E-state index contributed by atoms with van der Waals surface area (Å²) in [6.45, 7) is 0. The number of aromatic nitrogens is 3. The van der Waals surface area contributed by atoms with Crippen LogP contribution in [-0.2, 0) is 19.5 Å². The second-order valence-corrected chi connectivity index (χ2v) is 8.15. The van der Waals surface area contributed by atoms with Crippen molar-refractivity contribution < 1.29 is 29.7 Å². The molecule has 0 aliphatic carbocycles. The van der Waals surface area contributed by atoms with E-state index in [0.29, 0.717) is 5.82 Å². The average Bonchev–Trinajstić information content (AvgIpc) is 3.44. The molecular formula is C26H19N3O2SZn. The fraction of sp³-hybridized carbons (Fsp3) is 0. The molecule has 0 saturated carbocycles. The Morgan fingerprint density at radius 1 is 0.606 bits per heavy atom. The maximum absolute atomic E-state index is 9.76. The molecule has 4 aromatic carbocycles. The summed E-state index contributed by atoms with van der Waals surface area (Å²) in [5.74, 6) is 1.21. The van der Waals surface area contributed by atoms with Crippen LogP contribution in [0.4, 0.5) is 0 Å². The number of fused-ring (bicyclic) bond motifs is 2. The Balaban J connectivity index is 0.000000152. The number of imidazole rings is 1. The topological polar surface area (TPSA) is 82.0 Å². The SMILES string of the molecule is Oc1ccccc1-c1nc2ccccc2[nH]1.Oc1ccccc1-c1nc2ccccc2s1.[Zn]. The van der Waals surface area contributed by atoms with Crippen LogP contribution < -0.4 is 0 Å². The fourth-order valence-corrected chi connectivity index (χ4v) is 4.40. The van der Waals surface area contributed by atoms with Gasteiger partial charge < -0.3 is 15.2 Å². The van der Waals surface area contributed by atoms with E-state index in [4.69, 9.17) is 0 Å². The molecule has 0 fully saturated rings. The molecule has 0 radical (unpaired) electrons. The molecule has 0 aliphatic rings. The number of aromatic hydroxyl groups is 2. The van der Waals surface area contributed by atoms with Crippen LogP contribution in [0.1, 0.15) is 0 Å². The van der Waals surface area contributed by atoms with Gasteiger partial charge in [-0.3, -0.25) is 0 Å². The molecule has 2 heterocycles. The van der Waals surface area contributed by atoms with Crippen LogP contribution in [0.2, 0.25) is 0 Å². The molecule has 3 N–H and O–H groups in total. The van der Waals surface area contributed by atoms with Gasteiger partial charge in [-0.05, 0) is 48.5 Å². The van der Waals surface area contributed by atoms with E-state index in [-0.39, 0.29) is 31.0 Å². The number of aromatic amines is 1. The first-order chi connectivity index (χ1) is 15.7. The minimum atomic E-state index is 0. The summed E-state index contributed by atoms with van der Waals surface area (Å²) in [4.78, 5) is 12.1. The Morgan fingerprint density at radius 2 is 1.18 bits per heavy atom. The number of para-hydroxylation sites is 5. The molecule has 0 bridgehead atoms. The van der Waals surface area contributed by atoms with E-state index in [1.165, 1.54) is 0 Å². The predicted molar refractivity (Wildman–Crippen MR) is 130 cm³/mol. The van der Waals surface area contributed by atoms with E-state index in [9.17, 15) is 10.2 Å². The number of phenols is 2. The van der Waals surface area contributed by atoms with E-state index in [2.05, 4.69) is 15.0 Å². The van der Waals surface area contributed by atoms with Gasteiger partial charge >= 0.3 is 0 Å². The fourth-order valence-electron chi connectivity index (χ4n) is 3.40. The largest absolute Gasteiger partial charge is 0.507 e. The number of hydrogen-bond donors (Lipinski definition) is 3. The number of rotatable bonds is 2. The quantitative estimate of drug-likeness (QED) is 0.233. The smallest absolute Gasteiger partial charge is 0.142 e. The van der Waals surface area contributed by atoms with Crippen molar-refractivity contribution in [1.29, 1.82) is 0 Å². The monoisotopic (exact) mass is 501 g/mol. The van der Waals surface area contributed by atoms with Crippen LogP contribution >= 0.6 is 11.3 Å². The first-order valence-corrected chi connectivity index (χ1v) is 10.9. The van der Waals surface area contributed by atoms with E-state index in [1.807, 2.05) is 78.9 Å². The van der Waals surface area contributed by atoms with Gasteiger partial charge in [0.2, 0.25) is 0 Å². The molecule has 33 heavy (non-hydrogen) atoms. The van der Waals surface area contributed by atoms with Crippen LogP contribution in [0, 0.1) is 0 Å². The third kappa shape index (κ3) is 4.80. The van der Waals surface area contributed by atoms with Gasteiger partial charge in [-0.1, -0.05) is 48.5 Å². The Bertz CT molecular complexity index is 1350. The van der Waals surface area contributed by atoms with Crippen LogP contribution in [0.15, 0.2) is 97.1 Å². The second kappa shape index (κ2) is 9.94. The van der Waals surface area contributed by atoms with Gasteiger partial charge in [0.15, 0.2) is 0 Å². The van der Waals surface area contributed by atoms with Gasteiger partial charge in [0.25, 0.3) is 0 Å². The molecule has 0 atom stereocenters. The Morgan fingerprint density at radius 3 is 1.85 bits per heavy atom. The van der Waals surface area contributed by atoms with E-state index >= 15 is 0 Å². The number of thiazole rings is 1. The maximum Gasteiger partial charge on any atom is 0.142 e. The third-order valence-corrected chi connectivity index (χ3v) is 6.05. The molecule has 0 spiro atoms. The van der Waals surface area contributed by atoms with Gasteiger partial charge in [-0.2, -0.15) is 0 Å². The third-order valence-electron chi connectivity index (χ3n) is 4.98. The van der Waals surface area contributed by atoms with Crippen molar-refractivity contribution in [3.05, 3.63) is 97.1 Å². The van der Waals surface area contributed by atoms with Crippen molar-refractivity contribution in [2.24, 2.45) is 0 Å². The van der Waals surface area contributed by atoms with Gasteiger partial charge in [0.1, 0.15) is 22.3 Å². The Labute approximate surface area is 207 Å². The minimum Gasteiger partial charge on any atom is -0.507 e. The summed E-state index contributed by atoms with van der Waals surface area (Å²) in [5, 5.41) is 20.3. The second-order valence-electron chi connectivity index (χ2n) is 7.12. The molecular weight excluding hydrogens is 484 g/mol. The molecule has 2 aromatic heterocycles. The van der Waals surface area contributed by atoms with Crippen LogP contribution in [0.5, 0.6) is 11.5 Å². The zero-order valence-electron chi connectivity index (χ0n) is 17.6. The van der Waals surface area contributed by atoms with Crippen molar-refractivity contribution in [2.45, 2.75) is 0 Å². The molecule has 6 rings (SSSR count). The summed E-state index contributed by atoms with van der Waals surface area (Å²) in [5.41, 5.74) is 4.37. The first kappa shape index (κ1) is 22.6. The summed E-state index contributed by atoms with van der Waals surface area (Å²) in [7, 11) is 0. The van der Waals surface area contributed by atoms with Gasteiger partial charge in [-0.15, -0.1) is 11.3 Å². The molecule has 158 valence electrons. The number of nitrogens with zero attached hydrogens (tertiary/aromatic N) is 2. The van der Waals surface area contributed by atoms with E-state index in [0.717, 1.165) is 37.4 Å². The minimum absolute atomic E-state index is 0. The number of H-pyrrole nitrogens is 1. The van der Waals surface area contributed by atoms with Gasteiger partial charge in [0.05, 0.1) is 32.4 Å². The van der Waals surface area contributed by atoms with E-state index in [1.54, 1.807) is 29.5 Å². The summed E-state index contributed by atoms with van der Waals surface area (Å²) < 4.78 is 1.14. The maximum atomic E-state index is 9.76. The van der Waals surface area contributed by atoms with E-state index < -0.39 is 0 Å². The first-order valence-electron chi connectivity index (χ1n) is 10.1. The molecule has 0 unspecified atom stereocenters.